The largest absolute Gasteiger partial charge is 0.486 e. The number of carbonyl (C=O) groups is 1. The number of hydrogen-bond donors (Lipinski definition) is 2. The lowest BCUT2D eigenvalue weighted by atomic mass is 10.2. The zero-order valence-corrected chi connectivity index (χ0v) is 14.4. The number of para-hydroxylation sites is 1. The zero-order chi connectivity index (χ0) is 16.2. The van der Waals surface area contributed by atoms with E-state index in [0.717, 1.165) is 10.2 Å². The SMILES string of the molecule is O=C(NC(=S)Nc1ccccc1Br)c1ccc2c(c1)OCCO2. The van der Waals surface area contributed by atoms with Crippen molar-refractivity contribution >= 4 is 44.9 Å². The van der Waals surface area contributed by atoms with Gasteiger partial charge in [-0.3, -0.25) is 10.1 Å². The summed E-state index contributed by atoms with van der Waals surface area (Å²) in [6.45, 7) is 0.985. The Morgan fingerprint density at radius 2 is 1.83 bits per heavy atom. The van der Waals surface area contributed by atoms with Crippen LogP contribution in [0.25, 0.3) is 0 Å². The summed E-state index contributed by atoms with van der Waals surface area (Å²) in [6, 6.07) is 12.5. The van der Waals surface area contributed by atoms with E-state index in [4.69, 9.17) is 21.7 Å². The Morgan fingerprint density at radius 3 is 2.61 bits per heavy atom. The molecule has 0 radical (unpaired) electrons. The molecule has 0 aliphatic carbocycles. The number of benzene rings is 2. The van der Waals surface area contributed by atoms with E-state index in [2.05, 4.69) is 26.6 Å². The number of amides is 1. The number of nitrogens with one attached hydrogen (secondary N) is 2. The molecule has 118 valence electrons. The second kappa shape index (κ2) is 6.97. The molecule has 1 amide bonds. The fourth-order valence-electron chi connectivity index (χ4n) is 2.08. The monoisotopic (exact) mass is 392 g/mol. The smallest absolute Gasteiger partial charge is 0.257 e. The van der Waals surface area contributed by atoms with E-state index in [9.17, 15) is 4.79 Å². The molecule has 1 aliphatic heterocycles. The molecule has 1 aliphatic rings. The molecule has 0 aromatic heterocycles. The summed E-state index contributed by atoms with van der Waals surface area (Å²) >= 11 is 8.58. The van der Waals surface area contributed by atoms with E-state index in [-0.39, 0.29) is 11.0 Å². The maximum absolute atomic E-state index is 12.3. The van der Waals surface area contributed by atoms with Gasteiger partial charge in [0.1, 0.15) is 13.2 Å². The number of fused-ring (bicyclic) bond motifs is 1. The van der Waals surface area contributed by atoms with Crippen LogP contribution in [0.15, 0.2) is 46.9 Å². The van der Waals surface area contributed by atoms with Crippen LogP contribution in [0.3, 0.4) is 0 Å². The minimum absolute atomic E-state index is 0.219. The topological polar surface area (TPSA) is 59.6 Å². The van der Waals surface area contributed by atoms with Gasteiger partial charge in [-0.2, -0.15) is 0 Å². The van der Waals surface area contributed by atoms with Crippen LogP contribution in [0.5, 0.6) is 11.5 Å². The molecule has 0 saturated heterocycles. The van der Waals surface area contributed by atoms with Crippen molar-refractivity contribution in [3.05, 3.63) is 52.5 Å². The van der Waals surface area contributed by atoms with Crippen LogP contribution < -0.4 is 20.1 Å². The highest BCUT2D eigenvalue weighted by atomic mass is 79.9. The van der Waals surface area contributed by atoms with Gasteiger partial charge >= 0.3 is 0 Å². The van der Waals surface area contributed by atoms with Crippen LogP contribution in [0.4, 0.5) is 5.69 Å². The third-order valence-electron chi connectivity index (χ3n) is 3.15. The first-order valence-corrected chi connectivity index (χ1v) is 8.10. The molecule has 2 aromatic carbocycles. The van der Waals surface area contributed by atoms with Gasteiger partial charge < -0.3 is 14.8 Å². The van der Waals surface area contributed by atoms with Crippen LogP contribution in [0, 0.1) is 0 Å². The summed E-state index contributed by atoms with van der Waals surface area (Å²) in [4.78, 5) is 12.3. The molecule has 2 aromatic rings. The van der Waals surface area contributed by atoms with Crippen molar-refractivity contribution in [3.63, 3.8) is 0 Å². The summed E-state index contributed by atoms with van der Waals surface area (Å²) in [5, 5.41) is 5.83. The number of rotatable bonds is 2. The predicted octanol–water partition coefficient (Wildman–Crippen LogP) is 3.35. The van der Waals surface area contributed by atoms with Crippen molar-refractivity contribution in [2.45, 2.75) is 0 Å². The lowest BCUT2D eigenvalue weighted by molar-refractivity contribution is 0.0976. The van der Waals surface area contributed by atoms with Crippen molar-refractivity contribution < 1.29 is 14.3 Å². The molecule has 3 rings (SSSR count). The van der Waals surface area contributed by atoms with Crippen LogP contribution in [0.1, 0.15) is 10.4 Å². The lowest BCUT2D eigenvalue weighted by Crippen LogP contribution is -2.34. The fourth-order valence-corrected chi connectivity index (χ4v) is 2.66. The van der Waals surface area contributed by atoms with Gasteiger partial charge in [0.2, 0.25) is 0 Å². The van der Waals surface area contributed by atoms with Gasteiger partial charge in [0.25, 0.3) is 5.91 Å². The van der Waals surface area contributed by atoms with Crippen LogP contribution in [-0.4, -0.2) is 24.2 Å². The van der Waals surface area contributed by atoms with Gasteiger partial charge in [-0.25, -0.2) is 0 Å². The highest BCUT2D eigenvalue weighted by Gasteiger charge is 2.15. The van der Waals surface area contributed by atoms with Crippen molar-refractivity contribution in [3.8, 4) is 11.5 Å². The van der Waals surface area contributed by atoms with E-state index >= 15 is 0 Å². The van der Waals surface area contributed by atoms with Gasteiger partial charge in [0, 0.05) is 10.0 Å². The average Bonchev–Trinajstić information content (AvgIpc) is 2.56. The Bertz CT molecular complexity index is 767. The Labute approximate surface area is 147 Å². The molecule has 1 heterocycles. The first-order chi connectivity index (χ1) is 11.1. The third kappa shape index (κ3) is 3.80. The van der Waals surface area contributed by atoms with E-state index in [0.29, 0.717) is 30.3 Å². The van der Waals surface area contributed by atoms with Crippen molar-refractivity contribution in [1.82, 2.24) is 5.32 Å². The highest BCUT2D eigenvalue weighted by molar-refractivity contribution is 9.10. The number of hydrogen-bond acceptors (Lipinski definition) is 4. The number of anilines is 1. The Kier molecular flexibility index (Phi) is 4.78. The van der Waals surface area contributed by atoms with Crippen molar-refractivity contribution in [1.29, 1.82) is 0 Å². The second-order valence-electron chi connectivity index (χ2n) is 4.75. The lowest BCUT2D eigenvalue weighted by Gasteiger charge is -2.18. The van der Waals surface area contributed by atoms with Crippen LogP contribution >= 0.6 is 28.1 Å². The maximum atomic E-state index is 12.3. The molecule has 23 heavy (non-hydrogen) atoms. The number of ether oxygens (including phenoxy) is 2. The normalized spacial score (nSPS) is 12.4. The summed E-state index contributed by atoms with van der Waals surface area (Å²) < 4.78 is 11.8. The molecule has 0 unspecified atom stereocenters. The molecule has 0 atom stereocenters. The Balaban J connectivity index is 1.67. The fraction of sp³-hybridized carbons (Fsp3) is 0.125. The maximum Gasteiger partial charge on any atom is 0.257 e. The average molecular weight is 393 g/mol. The molecular formula is C16H13BrN2O3S. The molecule has 0 fully saturated rings. The standard InChI is InChI=1S/C16H13BrN2O3S/c17-11-3-1-2-4-12(11)18-16(23)19-15(20)10-5-6-13-14(9-10)22-8-7-21-13/h1-6,9H,7-8H2,(H2,18,19,20,23). The molecule has 2 N–H and O–H groups in total. The number of carbonyl (C=O) groups excluding carboxylic acids is 1. The quantitative estimate of drug-likeness (QED) is 0.767. The van der Waals surface area contributed by atoms with Gasteiger partial charge in [0.15, 0.2) is 16.6 Å². The highest BCUT2D eigenvalue weighted by Crippen LogP contribution is 2.30. The first kappa shape index (κ1) is 15.8. The Morgan fingerprint density at radius 1 is 1.09 bits per heavy atom. The Hall–Kier alpha value is -2.12. The third-order valence-corrected chi connectivity index (χ3v) is 4.05. The molecule has 0 saturated carbocycles. The zero-order valence-electron chi connectivity index (χ0n) is 12.0. The van der Waals surface area contributed by atoms with Crippen LogP contribution in [-0.2, 0) is 0 Å². The molecule has 0 bridgehead atoms. The minimum Gasteiger partial charge on any atom is -0.486 e. The van der Waals surface area contributed by atoms with Crippen LogP contribution in [0.2, 0.25) is 0 Å². The summed E-state index contributed by atoms with van der Waals surface area (Å²) in [6.07, 6.45) is 0. The summed E-state index contributed by atoms with van der Waals surface area (Å²) in [5.74, 6) is 0.891. The van der Waals surface area contributed by atoms with E-state index < -0.39 is 0 Å². The van der Waals surface area contributed by atoms with E-state index in [1.807, 2.05) is 24.3 Å². The first-order valence-electron chi connectivity index (χ1n) is 6.90. The predicted molar refractivity (Wildman–Crippen MR) is 95.3 cm³/mol. The minimum atomic E-state index is -0.313. The number of thiocarbonyl (C=S) groups is 1. The molecule has 0 spiro atoms. The van der Waals surface area contributed by atoms with Gasteiger partial charge in [-0.05, 0) is 58.5 Å². The van der Waals surface area contributed by atoms with Crippen molar-refractivity contribution in [2.75, 3.05) is 18.5 Å². The molecule has 7 heteroatoms. The molecular weight excluding hydrogens is 380 g/mol. The van der Waals surface area contributed by atoms with E-state index in [1.165, 1.54) is 0 Å². The molecule has 5 nitrogen and oxygen atoms in total. The van der Waals surface area contributed by atoms with Gasteiger partial charge in [-0.1, -0.05) is 12.1 Å². The van der Waals surface area contributed by atoms with Crippen molar-refractivity contribution in [2.24, 2.45) is 0 Å². The number of halogens is 1. The van der Waals surface area contributed by atoms with E-state index in [1.54, 1.807) is 18.2 Å². The summed E-state index contributed by atoms with van der Waals surface area (Å²) in [7, 11) is 0. The second-order valence-corrected chi connectivity index (χ2v) is 6.01. The summed E-state index contributed by atoms with van der Waals surface area (Å²) in [5.41, 5.74) is 1.23. The van der Waals surface area contributed by atoms with Gasteiger partial charge in [0.05, 0.1) is 5.69 Å². The van der Waals surface area contributed by atoms with Gasteiger partial charge in [-0.15, -0.1) is 0 Å².